The Hall–Kier alpha value is -0.0500. The highest BCUT2D eigenvalue weighted by Crippen LogP contribution is 2.52. The Balaban J connectivity index is 2.94. The number of carbonyl (C=O) groups is 1. The molecule has 1 N–H and O–H groups in total. The molecular formula is C10H17BrO2. The fourth-order valence-corrected chi connectivity index (χ4v) is 2.67. The van der Waals surface area contributed by atoms with Gasteiger partial charge in [0.2, 0.25) is 0 Å². The van der Waals surface area contributed by atoms with Gasteiger partial charge in [-0.25, -0.2) is 0 Å². The molecule has 0 radical (unpaired) electrons. The molecule has 0 amide bonds. The number of hydrogen-bond donors (Lipinski definition) is 1. The van der Waals surface area contributed by atoms with E-state index in [0.717, 1.165) is 19.3 Å². The summed E-state index contributed by atoms with van der Waals surface area (Å²) < 4.78 is -0.0404. The maximum Gasteiger partial charge on any atom is 0.307 e. The maximum absolute atomic E-state index is 11.0. The Morgan fingerprint density at radius 3 is 2.38 bits per heavy atom. The molecule has 0 aliphatic heterocycles. The molecule has 76 valence electrons. The van der Waals surface area contributed by atoms with Crippen LogP contribution >= 0.6 is 15.9 Å². The van der Waals surface area contributed by atoms with Crippen LogP contribution < -0.4 is 0 Å². The molecular weight excluding hydrogens is 232 g/mol. The lowest BCUT2D eigenvalue weighted by atomic mass is 9.63. The van der Waals surface area contributed by atoms with Crippen LogP contribution in [0, 0.1) is 11.3 Å². The summed E-state index contributed by atoms with van der Waals surface area (Å²) in [6.45, 7) is 6.18. The van der Waals surface area contributed by atoms with E-state index >= 15 is 0 Å². The average Bonchev–Trinajstić information content (AvgIpc) is 1.94. The van der Waals surface area contributed by atoms with E-state index < -0.39 is 5.97 Å². The summed E-state index contributed by atoms with van der Waals surface area (Å²) >= 11 is 3.66. The van der Waals surface area contributed by atoms with Crippen molar-refractivity contribution >= 4 is 21.9 Å². The van der Waals surface area contributed by atoms with E-state index in [1.54, 1.807) is 0 Å². The van der Waals surface area contributed by atoms with Gasteiger partial charge in [-0.05, 0) is 25.2 Å². The summed E-state index contributed by atoms with van der Waals surface area (Å²) in [7, 11) is 0. The number of alkyl halides is 1. The molecule has 2 atom stereocenters. The predicted molar refractivity (Wildman–Crippen MR) is 56.1 cm³/mol. The second-order valence-corrected chi connectivity index (χ2v) is 6.45. The van der Waals surface area contributed by atoms with E-state index in [9.17, 15) is 4.79 Å². The molecule has 2 unspecified atom stereocenters. The largest absolute Gasteiger partial charge is 0.481 e. The molecule has 0 aromatic carbocycles. The lowest BCUT2D eigenvalue weighted by Gasteiger charge is -2.47. The van der Waals surface area contributed by atoms with E-state index in [4.69, 9.17) is 5.11 Å². The highest BCUT2D eigenvalue weighted by atomic mass is 79.9. The molecule has 1 fully saturated rings. The SMILES string of the molecule is CC1(Br)CCCC(C(=O)O)C1(C)C. The second kappa shape index (κ2) is 3.26. The highest BCUT2D eigenvalue weighted by molar-refractivity contribution is 9.10. The quantitative estimate of drug-likeness (QED) is 0.725. The van der Waals surface area contributed by atoms with E-state index in [-0.39, 0.29) is 15.7 Å². The first-order valence-electron chi connectivity index (χ1n) is 4.71. The fourth-order valence-electron chi connectivity index (χ4n) is 2.12. The Morgan fingerprint density at radius 2 is 2.00 bits per heavy atom. The third kappa shape index (κ3) is 1.76. The van der Waals surface area contributed by atoms with Crippen LogP contribution in [-0.2, 0) is 4.79 Å². The molecule has 2 nitrogen and oxygen atoms in total. The minimum atomic E-state index is -0.657. The zero-order chi connectivity index (χ0) is 10.3. The van der Waals surface area contributed by atoms with E-state index in [2.05, 4.69) is 22.9 Å². The van der Waals surface area contributed by atoms with Crippen LogP contribution in [0.2, 0.25) is 0 Å². The van der Waals surface area contributed by atoms with Crippen molar-refractivity contribution in [2.75, 3.05) is 0 Å². The number of halogens is 1. The molecule has 0 saturated heterocycles. The molecule has 3 heteroatoms. The monoisotopic (exact) mass is 248 g/mol. The summed E-state index contributed by atoms with van der Waals surface area (Å²) in [5.41, 5.74) is -0.170. The first kappa shape index (κ1) is 11.0. The van der Waals surface area contributed by atoms with Crippen molar-refractivity contribution in [1.82, 2.24) is 0 Å². The Labute approximate surface area is 87.8 Å². The summed E-state index contributed by atoms with van der Waals surface area (Å²) in [5.74, 6) is -0.874. The van der Waals surface area contributed by atoms with Crippen molar-refractivity contribution in [2.45, 2.75) is 44.4 Å². The highest BCUT2D eigenvalue weighted by Gasteiger charge is 2.49. The Morgan fingerprint density at radius 1 is 1.46 bits per heavy atom. The molecule has 1 saturated carbocycles. The average molecular weight is 249 g/mol. The normalized spacial score (nSPS) is 38.6. The van der Waals surface area contributed by atoms with Gasteiger partial charge < -0.3 is 5.11 Å². The lowest BCUT2D eigenvalue weighted by Crippen LogP contribution is -2.48. The summed E-state index contributed by atoms with van der Waals surface area (Å²) in [6.07, 6.45) is 2.87. The van der Waals surface area contributed by atoms with Gasteiger partial charge in [0.05, 0.1) is 5.92 Å². The van der Waals surface area contributed by atoms with Crippen molar-refractivity contribution in [3.8, 4) is 0 Å². The van der Waals surface area contributed by atoms with Gasteiger partial charge in [0, 0.05) is 4.32 Å². The van der Waals surface area contributed by atoms with Crippen LogP contribution in [0.5, 0.6) is 0 Å². The zero-order valence-corrected chi connectivity index (χ0v) is 10.0. The third-order valence-electron chi connectivity index (χ3n) is 3.65. The van der Waals surface area contributed by atoms with Crippen molar-refractivity contribution in [1.29, 1.82) is 0 Å². The lowest BCUT2D eigenvalue weighted by molar-refractivity contribution is -0.148. The summed E-state index contributed by atoms with van der Waals surface area (Å²) in [4.78, 5) is 11.0. The van der Waals surface area contributed by atoms with Crippen molar-refractivity contribution in [3.05, 3.63) is 0 Å². The maximum atomic E-state index is 11.0. The number of carboxylic acids is 1. The molecule has 0 bridgehead atoms. The standard InChI is InChI=1S/C10H17BrO2/c1-9(2)7(8(12)13)5-4-6-10(9,3)11/h7H,4-6H2,1-3H3,(H,12,13). The van der Waals surface area contributed by atoms with Crippen molar-refractivity contribution in [3.63, 3.8) is 0 Å². The van der Waals surface area contributed by atoms with Gasteiger partial charge in [0.15, 0.2) is 0 Å². The molecule has 0 aromatic heterocycles. The van der Waals surface area contributed by atoms with Gasteiger partial charge in [0.1, 0.15) is 0 Å². The minimum absolute atomic E-state index is 0.0404. The molecule has 1 aliphatic carbocycles. The topological polar surface area (TPSA) is 37.3 Å². The van der Waals surface area contributed by atoms with Crippen LogP contribution in [0.25, 0.3) is 0 Å². The third-order valence-corrected chi connectivity index (χ3v) is 5.07. The molecule has 13 heavy (non-hydrogen) atoms. The van der Waals surface area contributed by atoms with Gasteiger partial charge >= 0.3 is 5.97 Å². The Kier molecular flexibility index (Phi) is 2.77. The van der Waals surface area contributed by atoms with E-state index in [1.807, 2.05) is 13.8 Å². The van der Waals surface area contributed by atoms with E-state index in [0.29, 0.717) is 0 Å². The number of hydrogen-bond acceptors (Lipinski definition) is 1. The van der Waals surface area contributed by atoms with Crippen LogP contribution in [-0.4, -0.2) is 15.4 Å². The first-order chi connectivity index (χ1) is 5.79. The van der Waals surface area contributed by atoms with Crippen LogP contribution in [0.1, 0.15) is 40.0 Å². The predicted octanol–water partition coefficient (Wildman–Crippen LogP) is 3.05. The molecule has 0 spiro atoms. The first-order valence-corrected chi connectivity index (χ1v) is 5.50. The van der Waals surface area contributed by atoms with Crippen LogP contribution in [0.3, 0.4) is 0 Å². The van der Waals surface area contributed by atoms with Gasteiger partial charge in [-0.3, -0.25) is 4.79 Å². The van der Waals surface area contributed by atoms with Crippen LogP contribution in [0.4, 0.5) is 0 Å². The minimum Gasteiger partial charge on any atom is -0.481 e. The molecule has 1 rings (SSSR count). The smallest absolute Gasteiger partial charge is 0.307 e. The molecule has 0 heterocycles. The van der Waals surface area contributed by atoms with Crippen molar-refractivity contribution < 1.29 is 9.90 Å². The van der Waals surface area contributed by atoms with Crippen LogP contribution in [0.15, 0.2) is 0 Å². The summed E-state index contributed by atoms with van der Waals surface area (Å²) in [5, 5.41) is 9.09. The number of aliphatic carboxylic acids is 1. The second-order valence-electron chi connectivity index (χ2n) is 4.70. The van der Waals surface area contributed by atoms with E-state index in [1.165, 1.54) is 0 Å². The van der Waals surface area contributed by atoms with Gasteiger partial charge in [-0.15, -0.1) is 0 Å². The number of carboxylic acid groups (broad SMARTS) is 1. The molecule has 0 aromatic rings. The van der Waals surface area contributed by atoms with Crippen molar-refractivity contribution in [2.24, 2.45) is 11.3 Å². The van der Waals surface area contributed by atoms with Gasteiger partial charge in [-0.1, -0.05) is 36.2 Å². The summed E-state index contributed by atoms with van der Waals surface area (Å²) in [6, 6.07) is 0. The van der Waals surface area contributed by atoms with Gasteiger partial charge in [0.25, 0.3) is 0 Å². The fraction of sp³-hybridized carbons (Fsp3) is 0.900. The zero-order valence-electron chi connectivity index (χ0n) is 8.43. The number of rotatable bonds is 1. The molecule has 1 aliphatic rings. The van der Waals surface area contributed by atoms with Gasteiger partial charge in [-0.2, -0.15) is 0 Å². The Bertz CT molecular complexity index is 221.